The number of Topliss-reactive ketones (excluding diaryl/α,β-unsaturated/α-hetero) is 1. The van der Waals surface area contributed by atoms with Crippen molar-refractivity contribution >= 4 is 17.4 Å². The van der Waals surface area contributed by atoms with E-state index in [-0.39, 0.29) is 22.8 Å². The monoisotopic (exact) mass is 411 g/mol. The second kappa shape index (κ2) is 8.90. The van der Waals surface area contributed by atoms with Crippen LogP contribution in [-0.2, 0) is 9.59 Å². The van der Waals surface area contributed by atoms with Crippen LogP contribution in [0.4, 0.5) is 0 Å². The molecule has 0 saturated carbocycles. The Kier molecular flexibility index (Phi) is 6.30. The number of methoxy groups -OCH3 is 2. The molecule has 0 spiro atoms. The number of hydrogen-bond acceptors (Lipinski definition) is 6. The molecule has 0 aromatic heterocycles. The van der Waals surface area contributed by atoms with E-state index in [1.165, 1.54) is 25.2 Å². The standard InChI is InChI=1S/C23H25NO6/c1-4-5-12-24-20(14-10-11-18(30-3)16(25)13-14)19(22(27)23(24)28)21(26)15-8-6-7-9-17(15)29-2/h6-11,13,20,25-26H,4-5,12H2,1-3H3/b21-19-. The number of hydrogen-bond donors (Lipinski definition) is 2. The predicted octanol–water partition coefficient (Wildman–Crippen LogP) is 3.63. The summed E-state index contributed by atoms with van der Waals surface area (Å²) in [6, 6.07) is 10.6. The lowest BCUT2D eigenvalue weighted by atomic mass is 9.94. The smallest absolute Gasteiger partial charge is 0.295 e. The van der Waals surface area contributed by atoms with Crippen LogP contribution < -0.4 is 9.47 Å². The molecule has 2 N–H and O–H groups in total. The number of aromatic hydroxyl groups is 1. The first-order chi connectivity index (χ1) is 14.4. The van der Waals surface area contributed by atoms with Gasteiger partial charge in [-0.25, -0.2) is 0 Å². The molecule has 1 aliphatic rings. The summed E-state index contributed by atoms with van der Waals surface area (Å²) in [7, 11) is 2.90. The van der Waals surface area contributed by atoms with Gasteiger partial charge in [-0.3, -0.25) is 9.59 Å². The maximum Gasteiger partial charge on any atom is 0.295 e. The van der Waals surface area contributed by atoms with Crippen LogP contribution in [0, 0.1) is 0 Å². The molecule has 1 aliphatic heterocycles. The first-order valence-electron chi connectivity index (χ1n) is 9.73. The summed E-state index contributed by atoms with van der Waals surface area (Å²) in [6.45, 7) is 2.33. The van der Waals surface area contributed by atoms with Crippen molar-refractivity contribution in [3.05, 3.63) is 59.2 Å². The van der Waals surface area contributed by atoms with E-state index in [9.17, 15) is 19.8 Å². The zero-order chi connectivity index (χ0) is 21.8. The zero-order valence-corrected chi connectivity index (χ0v) is 17.2. The van der Waals surface area contributed by atoms with Gasteiger partial charge < -0.3 is 24.6 Å². The minimum Gasteiger partial charge on any atom is -0.507 e. The lowest BCUT2D eigenvalue weighted by Gasteiger charge is -2.25. The molecule has 2 aromatic rings. The van der Waals surface area contributed by atoms with Gasteiger partial charge in [-0.1, -0.05) is 31.5 Å². The van der Waals surface area contributed by atoms with E-state index in [0.717, 1.165) is 6.42 Å². The number of carbonyl (C=O) groups excluding carboxylic acids is 2. The zero-order valence-electron chi connectivity index (χ0n) is 17.2. The predicted molar refractivity (Wildman–Crippen MR) is 112 cm³/mol. The van der Waals surface area contributed by atoms with E-state index in [2.05, 4.69) is 0 Å². The Morgan fingerprint density at radius 3 is 2.40 bits per heavy atom. The molecule has 0 bridgehead atoms. The largest absolute Gasteiger partial charge is 0.507 e. The van der Waals surface area contributed by atoms with Crippen molar-refractivity contribution in [2.45, 2.75) is 25.8 Å². The van der Waals surface area contributed by atoms with Gasteiger partial charge in [0.1, 0.15) is 11.5 Å². The van der Waals surface area contributed by atoms with E-state index in [1.54, 1.807) is 36.4 Å². The van der Waals surface area contributed by atoms with Crippen LogP contribution in [0.15, 0.2) is 48.0 Å². The first kappa shape index (κ1) is 21.2. The minimum absolute atomic E-state index is 0.0369. The van der Waals surface area contributed by atoms with Crippen molar-refractivity contribution in [1.82, 2.24) is 4.90 Å². The second-order valence-corrected chi connectivity index (χ2v) is 6.98. The fourth-order valence-corrected chi connectivity index (χ4v) is 3.65. The Hall–Kier alpha value is -3.48. The maximum absolute atomic E-state index is 12.9. The van der Waals surface area contributed by atoms with Gasteiger partial charge in [0.2, 0.25) is 0 Å². The Labute approximate surface area is 175 Å². The molecule has 1 atom stereocenters. The molecule has 7 heteroatoms. The summed E-state index contributed by atoms with van der Waals surface area (Å²) >= 11 is 0. The van der Waals surface area contributed by atoms with Crippen molar-refractivity contribution in [3.8, 4) is 17.2 Å². The number of aliphatic hydroxyl groups is 1. The highest BCUT2D eigenvalue weighted by molar-refractivity contribution is 6.46. The van der Waals surface area contributed by atoms with E-state index < -0.39 is 17.7 Å². The Morgan fingerprint density at radius 2 is 1.77 bits per heavy atom. The number of carbonyl (C=O) groups is 2. The van der Waals surface area contributed by atoms with Gasteiger partial charge in [0.25, 0.3) is 11.7 Å². The summed E-state index contributed by atoms with van der Waals surface area (Å²) in [5.41, 5.74) is 0.779. The molecule has 30 heavy (non-hydrogen) atoms. The highest BCUT2D eigenvalue weighted by atomic mass is 16.5. The van der Waals surface area contributed by atoms with Crippen molar-refractivity contribution < 1.29 is 29.3 Å². The van der Waals surface area contributed by atoms with E-state index in [4.69, 9.17) is 9.47 Å². The molecule has 3 rings (SSSR count). The molecule has 1 unspecified atom stereocenters. The number of likely N-dealkylation sites (tertiary alicyclic amines) is 1. The van der Waals surface area contributed by atoms with Gasteiger partial charge in [-0.2, -0.15) is 0 Å². The second-order valence-electron chi connectivity index (χ2n) is 6.98. The molecular formula is C23H25NO6. The molecule has 1 fully saturated rings. The lowest BCUT2D eigenvalue weighted by molar-refractivity contribution is -0.139. The number of benzene rings is 2. The van der Waals surface area contributed by atoms with Crippen molar-refractivity contribution in [2.24, 2.45) is 0 Å². The lowest BCUT2D eigenvalue weighted by Crippen LogP contribution is -2.30. The molecule has 1 saturated heterocycles. The molecule has 0 aliphatic carbocycles. The molecule has 0 radical (unpaired) electrons. The molecular weight excluding hydrogens is 386 g/mol. The summed E-state index contributed by atoms with van der Waals surface area (Å²) in [5.74, 6) is -1.23. The van der Waals surface area contributed by atoms with Gasteiger partial charge in [0.05, 0.1) is 31.4 Å². The summed E-state index contributed by atoms with van der Waals surface area (Å²) < 4.78 is 10.4. The molecule has 7 nitrogen and oxygen atoms in total. The quantitative estimate of drug-likeness (QED) is 0.410. The number of unbranched alkanes of at least 4 members (excludes halogenated alkanes) is 1. The summed E-state index contributed by atoms with van der Waals surface area (Å²) in [4.78, 5) is 27.2. The number of aliphatic hydroxyl groups excluding tert-OH is 1. The summed E-state index contributed by atoms with van der Waals surface area (Å²) in [6.07, 6.45) is 1.52. The van der Waals surface area contributed by atoms with E-state index >= 15 is 0 Å². The SMILES string of the molecule is CCCCN1C(=O)C(=O)/C(=C(\O)c2ccccc2OC)C1c1ccc(OC)c(O)c1. The number of nitrogens with zero attached hydrogens (tertiary/aromatic N) is 1. The van der Waals surface area contributed by atoms with E-state index in [1.807, 2.05) is 6.92 Å². The van der Waals surface area contributed by atoms with Crippen LogP contribution in [0.1, 0.15) is 36.9 Å². The third kappa shape index (κ3) is 3.70. The number of para-hydroxylation sites is 1. The van der Waals surface area contributed by atoms with E-state index in [0.29, 0.717) is 29.8 Å². The average Bonchev–Trinajstić information content (AvgIpc) is 3.01. The van der Waals surface area contributed by atoms with Crippen LogP contribution in [0.3, 0.4) is 0 Å². The van der Waals surface area contributed by atoms with Gasteiger partial charge >= 0.3 is 0 Å². The fourth-order valence-electron chi connectivity index (χ4n) is 3.65. The topological polar surface area (TPSA) is 96.3 Å². The Bertz CT molecular complexity index is 997. The van der Waals surface area contributed by atoms with Crippen LogP contribution in [0.5, 0.6) is 17.2 Å². The Morgan fingerprint density at radius 1 is 1.07 bits per heavy atom. The van der Waals surface area contributed by atoms with Gasteiger partial charge in [-0.05, 0) is 36.2 Å². The molecule has 2 aromatic carbocycles. The number of ketones is 1. The maximum atomic E-state index is 12.9. The van der Waals surface area contributed by atoms with Crippen molar-refractivity contribution in [1.29, 1.82) is 0 Å². The van der Waals surface area contributed by atoms with Gasteiger partial charge in [0, 0.05) is 6.54 Å². The number of phenolic OH excluding ortho intramolecular Hbond substituents is 1. The number of rotatable bonds is 7. The molecule has 1 heterocycles. The number of amides is 1. The van der Waals surface area contributed by atoms with Gasteiger partial charge in [0.15, 0.2) is 11.5 Å². The van der Waals surface area contributed by atoms with Crippen LogP contribution in [-0.4, -0.2) is 47.6 Å². The minimum atomic E-state index is -0.835. The normalized spacial score (nSPS) is 18.0. The summed E-state index contributed by atoms with van der Waals surface area (Å²) in [5, 5.41) is 21.3. The molecule has 1 amide bonds. The van der Waals surface area contributed by atoms with Crippen LogP contribution >= 0.6 is 0 Å². The van der Waals surface area contributed by atoms with Crippen molar-refractivity contribution in [2.75, 3.05) is 20.8 Å². The van der Waals surface area contributed by atoms with Crippen LogP contribution in [0.2, 0.25) is 0 Å². The third-order valence-corrected chi connectivity index (χ3v) is 5.17. The highest BCUT2D eigenvalue weighted by Crippen LogP contribution is 2.42. The Balaban J connectivity index is 2.21. The molecule has 158 valence electrons. The highest BCUT2D eigenvalue weighted by Gasteiger charge is 2.46. The van der Waals surface area contributed by atoms with Gasteiger partial charge in [-0.15, -0.1) is 0 Å². The third-order valence-electron chi connectivity index (χ3n) is 5.17. The van der Waals surface area contributed by atoms with Crippen LogP contribution in [0.25, 0.3) is 5.76 Å². The van der Waals surface area contributed by atoms with Crippen molar-refractivity contribution in [3.63, 3.8) is 0 Å². The number of phenols is 1. The average molecular weight is 411 g/mol. The fraction of sp³-hybridized carbons (Fsp3) is 0.304. The first-order valence-corrected chi connectivity index (χ1v) is 9.73. The number of ether oxygens (including phenoxy) is 2.